The Labute approximate surface area is 120 Å². The molecule has 0 saturated heterocycles. The molecule has 0 aliphatic carbocycles. The summed E-state index contributed by atoms with van der Waals surface area (Å²) < 4.78 is 0. The summed E-state index contributed by atoms with van der Waals surface area (Å²) in [7, 11) is 0. The Bertz CT molecular complexity index is 450. The van der Waals surface area contributed by atoms with Gasteiger partial charge in [-0.2, -0.15) is 5.26 Å². The van der Waals surface area contributed by atoms with Gasteiger partial charge < -0.3 is 11.1 Å². The van der Waals surface area contributed by atoms with Gasteiger partial charge in [-0.3, -0.25) is 9.69 Å². The minimum atomic E-state index is -0.0378. The molecule has 0 bridgehead atoms. The van der Waals surface area contributed by atoms with E-state index in [1.54, 1.807) is 0 Å². The fourth-order valence-corrected chi connectivity index (χ4v) is 1.93. The van der Waals surface area contributed by atoms with Crippen molar-refractivity contribution in [3.05, 3.63) is 29.8 Å². The number of carbonyl (C=O) groups excluding carboxylic acids is 1. The van der Waals surface area contributed by atoms with Crippen LogP contribution in [0.4, 0.5) is 5.69 Å². The molecule has 0 radical (unpaired) electrons. The zero-order valence-electron chi connectivity index (χ0n) is 11.9. The topological polar surface area (TPSA) is 82.2 Å². The monoisotopic (exact) mass is 274 g/mol. The first-order chi connectivity index (χ1) is 9.65. The van der Waals surface area contributed by atoms with Crippen molar-refractivity contribution in [3.8, 4) is 6.07 Å². The number of nitrogens with two attached hydrogens (primary N) is 1. The van der Waals surface area contributed by atoms with Crippen molar-refractivity contribution in [1.82, 2.24) is 10.2 Å². The van der Waals surface area contributed by atoms with Crippen LogP contribution in [0.25, 0.3) is 0 Å². The molecule has 1 rings (SSSR count). The molecule has 0 saturated carbocycles. The van der Waals surface area contributed by atoms with Gasteiger partial charge in [0.15, 0.2) is 0 Å². The zero-order valence-corrected chi connectivity index (χ0v) is 11.9. The molecule has 0 aliphatic rings. The van der Waals surface area contributed by atoms with Gasteiger partial charge in [0.05, 0.1) is 19.0 Å². The normalized spacial score (nSPS) is 10.2. The van der Waals surface area contributed by atoms with Crippen molar-refractivity contribution >= 4 is 11.6 Å². The second kappa shape index (κ2) is 8.94. The van der Waals surface area contributed by atoms with E-state index in [4.69, 9.17) is 11.0 Å². The number of hydrogen-bond donors (Lipinski definition) is 2. The van der Waals surface area contributed by atoms with Crippen molar-refractivity contribution in [2.45, 2.75) is 26.3 Å². The SMILES string of the molecule is CCCN(CC(=O)NCCC#N)Cc1ccc(N)cc1. The number of nitrogens with zero attached hydrogens (tertiary/aromatic N) is 2. The molecule has 0 aromatic heterocycles. The molecule has 1 aromatic rings. The second-order valence-corrected chi connectivity index (χ2v) is 4.71. The number of rotatable bonds is 8. The summed E-state index contributed by atoms with van der Waals surface area (Å²) in [6, 6.07) is 9.70. The molecule has 5 heteroatoms. The number of carbonyl (C=O) groups is 1. The van der Waals surface area contributed by atoms with E-state index >= 15 is 0 Å². The van der Waals surface area contributed by atoms with Gasteiger partial charge in [0, 0.05) is 18.8 Å². The third-order valence-corrected chi connectivity index (χ3v) is 2.85. The quantitative estimate of drug-likeness (QED) is 0.556. The molecule has 3 N–H and O–H groups in total. The van der Waals surface area contributed by atoms with E-state index in [1.807, 2.05) is 30.3 Å². The first-order valence-corrected chi connectivity index (χ1v) is 6.86. The molecule has 0 fully saturated rings. The van der Waals surface area contributed by atoms with Crippen LogP contribution in [0.5, 0.6) is 0 Å². The molecule has 0 spiro atoms. The number of amides is 1. The number of benzene rings is 1. The Hall–Kier alpha value is -2.06. The molecular weight excluding hydrogens is 252 g/mol. The van der Waals surface area contributed by atoms with Crippen molar-refractivity contribution in [2.24, 2.45) is 0 Å². The summed E-state index contributed by atoms with van der Waals surface area (Å²) in [5.41, 5.74) is 7.54. The first kappa shape index (κ1) is 16.0. The van der Waals surface area contributed by atoms with Crippen LogP contribution in [0, 0.1) is 11.3 Å². The number of nitrogens with one attached hydrogen (secondary N) is 1. The number of anilines is 1. The van der Waals surface area contributed by atoms with Crippen molar-refractivity contribution < 1.29 is 4.79 Å². The van der Waals surface area contributed by atoms with Gasteiger partial charge >= 0.3 is 0 Å². The fraction of sp³-hybridized carbons (Fsp3) is 0.467. The lowest BCUT2D eigenvalue weighted by Crippen LogP contribution is -2.37. The Morgan fingerprint density at radius 1 is 1.40 bits per heavy atom. The fourth-order valence-electron chi connectivity index (χ4n) is 1.93. The molecule has 0 aliphatic heterocycles. The summed E-state index contributed by atoms with van der Waals surface area (Å²) in [6.45, 7) is 4.43. The van der Waals surface area contributed by atoms with E-state index in [9.17, 15) is 4.79 Å². The molecule has 1 amide bonds. The van der Waals surface area contributed by atoms with E-state index in [0.717, 1.165) is 30.8 Å². The van der Waals surface area contributed by atoms with Crippen LogP contribution >= 0.6 is 0 Å². The zero-order chi connectivity index (χ0) is 14.8. The van der Waals surface area contributed by atoms with Crippen LogP contribution in [0.3, 0.4) is 0 Å². The molecule has 1 aromatic carbocycles. The van der Waals surface area contributed by atoms with Gasteiger partial charge in [0.1, 0.15) is 0 Å². The number of nitrogen functional groups attached to an aromatic ring is 1. The van der Waals surface area contributed by atoms with Crippen molar-refractivity contribution in [2.75, 3.05) is 25.4 Å². The average molecular weight is 274 g/mol. The largest absolute Gasteiger partial charge is 0.399 e. The first-order valence-electron chi connectivity index (χ1n) is 6.86. The highest BCUT2D eigenvalue weighted by atomic mass is 16.2. The smallest absolute Gasteiger partial charge is 0.234 e. The van der Waals surface area contributed by atoms with Crippen LogP contribution in [0.15, 0.2) is 24.3 Å². The lowest BCUT2D eigenvalue weighted by atomic mass is 10.2. The van der Waals surface area contributed by atoms with Crippen molar-refractivity contribution in [3.63, 3.8) is 0 Å². The highest BCUT2D eigenvalue weighted by Gasteiger charge is 2.10. The maximum atomic E-state index is 11.8. The summed E-state index contributed by atoms with van der Waals surface area (Å²) in [4.78, 5) is 13.9. The standard InChI is InChI=1S/C15H22N4O/c1-2-10-19(12-15(20)18-9-3-8-16)11-13-4-6-14(17)7-5-13/h4-7H,2-3,9-12,17H2,1H3,(H,18,20). The van der Waals surface area contributed by atoms with Gasteiger partial charge in [-0.1, -0.05) is 19.1 Å². The minimum absolute atomic E-state index is 0.0378. The molecule has 0 heterocycles. The third-order valence-electron chi connectivity index (χ3n) is 2.85. The van der Waals surface area contributed by atoms with Gasteiger partial charge in [-0.05, 0) is 30.7 Å². The number of hydrogen-bond acceptors (Lipinski definition) is 4. The second-order valence-electron chi connectivity index (χ2n) is 4.71. The molecule has 5 nitrogen and oxygen atoms in total. The highest BCUT2D eigenvalue weighted by molar-refractivity contribution is 5.78. The summed E-state index contributed by atoms with van der Waals surface area (Å²) in [6.07, 6.45) is 1.33. The Balaban J connectivity index is 2.49. The predicted octanol–water partition coefficient (Wildman–Crippen LogP) is 1.51. The summed E-state index contributed by atoms with van der Waals surface area (Å²) >= 11 is 0. The van der Waals surface area contributed by atoms with Crippen LogP contribution < -0.4 is 11.1 Å². The van der Waals surface area contributed by atoms with Crippen LogP contribution in [0.2, 0.25) is 0 Å². The molecular formula is C15H22N4O. The van der Waals surface area contributed by atoms with Crippen molar-refractivity contribution in [1.29, 1.82) is 5.26 Å². The molecule has 0 unspecified atom stereocenters. The summed E-state index contributed by atoms with van der Waals surface area (Å²) in [5, 5.41) is 11.2. The minimum Gasteiger partial charge on any atom is -0.399 e. The molecule has 20 heavy (non-hydrogen) atoms. The maximum Gasteiger partial charge on any atom is 0.234 e. The average Bonchev–Trinajstić information content (AvgIpc) is 2.42. The summed E-state index contributed by atoms with van der Waals surface area (Å²) in [5.74, 6) is -0.0378. The molecule has 0 atom stereocenters. The van der Waals surface area contributed by atoms with E-state index in [0.29, 0.717) is 19.5 Å². The van der Waals surface area contributed by atoms with Crippen LogP contribution in [0.1, 0.15) is 25.3 Å². The third kappa shape index (κ3) is 6.21. The number of nitriles is 1. The Morgan fingerprint density at radius 3 is 2.70 bits per heavy atom. The predicted molar refractivity (Wildman–Crippen MR) is 79.7 cm³/mol. The van der Waals surface area contributed by atoms with Gasteiger partial charge in [-0.15, -0.1) is 0 Å². The highest BCUT2D eigenvalue weighted by Crippen LogP contribution is 2.08. The van der Waals surface area contributed by atoms with Gasteiger partial charge in [0.2, 0.25) is 5.91 Å². The Morgan fingerprint density at radius 2 is 2.10 bits per heavy atom. The van der Waals surface area contributed by atoms with Gasteiger partial charge in [-0.25, -0.2) is 0 Å². The Kier molecular flexibility index (Phi) is 7.15. The maximum absolute atomic E-state index is 11.8. The van der Waals surface area contributed by atoms with E-state index in [2.05, 4.69) is 17.1 Å². The van der Waals surface area contributed by atoms with Gasteiger partial charge in [0.25, 0.3) is 0 Å². The lowest BCUT2D eigenvalue weighted by molar-refractivity contribution is -0.122. The molecule has 108 valence electrons. The lowest BCUT2D eigenvalue weighted by Gasteiger charge is -2.21. The van der Waals surface area contributed by atoms with E-state index < -0.39 is 0 Å². The van der Waals surface area contributed by atoms with Crippen LogP contribution in [-0.4, -0.2) is 30.4 Å². The van der Waals surface area contributed by atoms with Crippen LogP contribution in [-0.2, 0) is 11.3 Å². The van der Waals surface area contributed by atoms with E-state index in [1.165, 1.54) is 0 Å². The van der Waals surface area contributed by atoms with E-state index in [-0.39, 0.29) is 5.91 Å².